The third-order valence-corrected chi connectivity index (χ3v) is 2.44. The van der Waals surface area contributed by atoms with Gasteiger partial charge in [-0.05, 0) is 12.1 Å². The van der Waals surface area contributed by atoms with Crippen LogP contribution in [0.15, 0.2) is 28.7 Å². The van der Waals surface area contributed by atoms with Crippen LogP contribution in [0.4, 0.5) is 17.6 Å². The Morgan fingerprint density at radius 2 is 2.05 bits per heavy atom. The van der Waals surface area contributed by atoms with Crippen LogP contribution in [0.3, 0.4) is 0 Å². The molecular formula is C12H11F4NO2. The molecule has 0 radical (unpaired) electrons. The van der Waals surface area contributed by atoms with E-state index in [1.54, 1.807) is 6.07 Å². The molecule has 1 aromatic carbocycles. The molecule has 1 heterocycles. The third-order valence-electron chi connectivity index (χ3n) is 2.44. The summed E-state index contributed by atoms with van der Waals surface area (Å²) < 4.78 is 58.6. The maximum atomic E-state index is 13.4. The van der Waals surface area contributed by atoms with Crippen LogP contribution >= 0.6 is 0 Å². The molecule has 0 aliphatic heterocycles. The van der Waals surface area contributed by atoms with Crippen molar-refractivity contribution in [1.82, 2.24) is 0 Å². The molecule has 104 valence electrons. The molecular weight excluding hydrogens is 266 g/mol. The van der Waals surface area contributed by atoms with Crippen molar-refractivity contribution in [3.8, 4) is 0 Å². The Balaban J connectivity index is 2.05. The van der Waals surface area contributed by atoms with Crippen LogP contribution in [0.25, 0.3) is 11.0 Å². The number of hydrogen-bond donors (Lipinski definition) is 1. The van der Waals surface area contributed by atoms with Crippen LogP contribution in [0.2, 0.25) is 0 Å². The number of nitrogens with two attached hydrogens (primary N) is 1. The van der Waals surface area contributed by atoms with Gasteiger partial charge in [-0.3, -0.25) is 0 Å². The first-order valence-electron chi connectivity index (χ1n) is 5.45. The van der Waals surface area contributed by atoms with Crippen molar-refractivity contribution >= 4 is 11.0 Å². The lowest BCUT2D eigenvalue weighted by Gasteiger charge is -2.11. The lowest BCUT2D eigenvalue weighted by atomic mass is 10.2. The molecule has 2 rings (SSSR count). The molecule has 2 N–H and O–H groups in total. The van der Waals surface area contributed by atoms with Crippen molar-refractivity contribution < 1.29 is 26.7 Å². The second-order valence-corrected chi connectivity index (χ2v) is 4.04. The summed E-state index contributed by atoms with van der Waals surface area (Å²) in [4.78, 5) is 0. The normalized spacial score (nSPS) is 13.9. The van der Waals surface area contributed by atoms with Crippen LogP contribution in [0.5, 0.6) is 0 Å². The fourth-order valence-electron chi connectivity index (χ4n) is 1.61. The fraction of sp³-hybridized carbons (Fsp3) is 0.333. The predicted octanol–water partition coefficient (Wildman–Crippen LogP) is 3.15. The molecule has 0 saturated carbocycles. The molecule has 2 aromatic rings. The van der Waals surface area contributed by atoms with E-state index in [1.165, 1.54) is 18.2 Å². The number of furan rings is 1. The molecule has 0 amide bonds. The molecule has 0 saturated heterocycles. The Bertz CT molecular complexity index is 564. The van der Waals surface area contributed by atoms with Crippen molar-refractivity contribution in [2.75, 3.05) is 13.2 Å². The summed E-state index contributed by atoms with van der Waals surface area (Å²) in [6, 6.07) is 4.95. The van der Waals surface area contributed by atoms with Crippen LogP contribution in [0, 0.1) is 5.82 Å². The van der Waals surface area contributed by atoms with Crippen LogP contribution < -0.4 is 5.73 Å². The number of fused-ring (bicyclic) bond motifs is 1. The summed E-state index contributed by atoms with van der Waals surface area (Å²) >= 11 is 0. The fourth-order valence-corrected chi connectivity index (χ4v) is 1.61. The van der Waals surface area contributed by atoms with Gasteiger partial charge in [-0.25, -0.2) is 4.39 Å². The van der Waals surface area contributed by atoms with Crippen LogP contribution in [-0.4, -0.2) is 19.4 Å². The summed E-state index contributed by atoms with van der Waals surface area (Å²) in [5.74, 6) is -0.366. The average Bonchev–Trinajstić information content (AvgIpc) is 2.72. The molecule has 1 unspecified atom stereocenters. The van der Waals surface area contributed by atoms with Gasteiger partial charge in [-0.15, -0.1) is 0 Å². The van der Waals surface area contributed by atoms with Gasteiger partial charge in [0.05, 0.1) is 12.6 Å². The molecule has 0 aliphatic rings. The first-order chi connectivity index (χ1) is 8.87. The van der Waals surface area contributed by atoms with Crippen molar-refractivity contribution in [3.05, 3.63) is 35.8 Å². The lowest BCUT2D eigenvalue weighted by Crippen LogP contribution is -2.22. The van der Waals surface area contributed by atoms with Gasteiger partial charge in [0.2, 0.25) is 0 Å². The van der Waals surface area contributed by atoms with Gasteiger partial charge in [0, 0.05) is 5.39 Å². The molecule has 1 atom stereocenters. The van der Waals surface area contributed by atoms with E-state index in [-0.39, 0.29) is 18.0 Å². The maximum absolute atomic E-state index is 13.4. The van der Waals surface area contributed by atoms with Crippen molar-refractivity contribution in [2.45, 2.75) is 12.2 Å². The number of para-hydroxylation sites is 1. The predicted molar refractivity (Wildman–Crippen MR) is 60.0 cm³/mol. The molecule has 0 spiro atoms. The SMILES string of the molecule is NC(COCC(F)(F)F)c1cc2cccc(F)c2o1. The zero-order valence-corrected chi connectivity index (χ0v) is 9.71. The molecule has 3 nitrogen and oxygen atoms in total. The van der Waals surface area contributed by atoms with E-state index < -0.39 is 24.6 Å². The minimum absolute atomic E-state index is 0.0313. The number of alkyl halides is 3. The summed E-state index contributed by atoms with van der Waals surface area (Å²) in [6.45, 7) is -1.74. The van der Waals surface area contributed by atoms with Gasteiger partial charge in [0.15, 0.2) is 11.4 Å². The van der Waals surface area contributed by atoms with E-state index in [0.717, 1.165) is 0 Å². The molecule has 0 fully saturated rings. The second-order valence-electron chi connectivity index (χ2n) is 4.04. The Morgan fingerprint density at radius 1 is 1.32 bits per heavy atom. The number of hydrogen-bond acceptors (Lipinski definition) is 3. The first-order valence-corrected chi connectivity index (χ1v) is 5.45. The number of ether oxygens (including phenoxy) is 1. The standard InChI is InChI=1S/C12H11F4NO2/c13-8-3-1-2-7-4-10(19-11(7)8)9(17)5-18-6-12(14,15)16/h1-4,9H,5-6,17H2. The van der Waals surface area contributed by atoms with Gasteiger partial charge in [0.1, 0.15) is 12.4 Å². The Morgan fingerprint density at radius 3 is 2.68 bits per heavy atom. The molecule has 1 aromatic heterocycles. The largest absolute Gasteiger partial charge is 0.456 e. The number of benzene rings is 1. The van der Waals surface area contributed by atoms with Gasteiger partial charge in [-0.1, -0.05) is 12.1 Å². The Hall–Kier alpha value is -1.60. The topological polar surface area (TPSA) is 48.4 Å². The highest BCUT2D eigenvalue weighted by Crippen LogP contribution is 2.25. The molecule has 0 bridgehead atoms. The average molecular weight is 277 g/mol. The van der Waals surface area contributed by atoms with E-state index in [4.69, 9.17) is 10.2 Å². The lowest BCUT2D eigenvalue weighted by molar-refractivity contribution is -0.175. The molecule has 0 aliphatic carbocycles. The van der Waals surface area contributed by atoms with E-state index in [0.29, 0.717) is 5.39 Å². The van der Waals surface area contributed by atoms with Crippen molar-refractivity contribution in [2.24, 2.45) is 5.73 Å². The third kappa shape index (κ3) is 3.45. The minimum Gasteiger partial charge on any atom is -0.456 e. The van der Waals surface area contributed by atoms with Crippen molar-refractivity contribution in [3.63, 3.8) is 0 Å². The Labute approximate surface area is 105 Å². The van der Waals surface area contributed by atoms with E-state index >= 15 is 0 Å². The number of rotatable bonds is 4. The zero-order valence-electron chi connectivity index (χ0n) is 9.71. The summed E-state index contributed by atoms with van der Waals surface area (Å²) in [5.41, 5.74) is 5.66. The summed E-state index contributed by atoms with van der Waals surface area (Å²) in [7, 11) is 0. The summed E-state index contributed by atoms with van der Waals surface area (Å²) in [6.07, 6.45) is -4.40. The van der Waals surface area contributed by atoms with Gasteiger partial charge < -0.3 is 14.9 Å². The Kier molecular flexibility index (Phi) is 3.77. The van der Waals surface area contributed by atoms with E-state index in [9.17, 15) is 17.6 Å². The van der Waals surface area contributed by atoms with Gasteiger partial charge in [0.25, 0.3) is 0 Å². The second kappa shape index (κ2) is 5.18. The van der Waals surface area contributed by atoms with E-state index in [2.05, 4.69) is 4.74 Å². The van der Waals surface area contributed by atoms with Crippen molar-refractivity contribution in [1.29, 1.82) is 0 Å². The quantitative estimate of drug-likeness (QED) is 0.873. The van der Waals surface area contributed by atoms with Crippen LogP contribution in [0.1, 0.15) is 11.8 Å². The van der Waals surface area contributed by atoms with Gasteiger partial charge in [-0.2, -0.15) is 13.2 Å². The maximum Gasteiger partial charge on any atom is 0.411 e. The minimum atomic E-state index is -4.40. The van der Waals surface area contributed by atoms with Crippen LogP contribution in [-0.2, 0) is 4.74 Å². The zero-order chi connectivity index (χ0) is 14.0. The highest BCUT2D eigenvalue weighted by atomic mass is 19.4. The first kappa shape index (κ1) is 13.8. The molecule has 19 heavy (non-hydrogen) atoms. The highest BCUT2D eigenvalue weighted by molar-refractivity contribution is 5.78. The van der Waals surface area contributed by atoms with E-state index in [1.807, 2.05) is 0 Å². The number of halogens is 4. The molecule has 7 heteroatoms. The monoisotopic (exact) mass is 277 g/mol. The van der Waals surface area contributed by atoms with Gasteiger partial charge >= 0.3 is 6.18 Å². The smallest absolute Gasteiger partial charge is 0.411 e. The highest BCUT2D eigenvalue weighted by Gasteiger charge is 2.28. The summed E-state index contributed by atoms with van der Waals surface area (Å²) in [5, 5.41) is 0.501.